The summed E-state index contributed by atoms with van der Waals surface area (Å²) < 4.78 is 43.4. The van der Waals surface area contributed by atoms with Gasteiger partial charge < -0.3 is 4.74 Å². The van der Waals surface area contributed by atoms with E-state index in [1.165, 1.54) is 0 Å². The minimum absolute atomic E-state index is 0.153. The van der Waals surface area contributed by atoms with E-state index in [0.29, 0.717) is 10.7 Å². The molecule has 0 spiro atoms. The van der Waals surface area contributed by atoms with Crippen LogP contribution in [0.2, 0.25) is 10.0 Å². The molecule has 0 atom stereocenters. The normalized spacial score (nSPS) is 11.5. The van der Waals surface area contributed by atoms with Gasteiger partial charge in [0.15, 0.2) is 0 Å². The fraction of sp³-hybridized carbons (Fsp3) is 0.0833. The number of aromatic nitrogens is 1. The predicted molar refractivity (Wildman–Crippen MR) is 73.5 cm³/mol. The number of rotatable bonds is 2. The Hall–Kier alpha value is -0.980. The minimum atomic E-state index is -4.51. The lowest BCUT2D eigenvalue weighted by molar-refractivity contribution is -0.137. The third kappa shape index (κ3) is 3.56. The zero-order valence-electron chi connectivity index (χ0n) is 9.51. The van der Waals surface area contributed by atoms with Crippen LogP contribution in [0.15, 0.2) is 34.9 Å². The van der Waals surface area contributed by atoms with Gasteiger partial charge in [-0.3, -0.25) is 0 Å². The topological polar surface area (TPSA) is 22.1 Å². The Balaban J connectivity index is 2.33. The predicted octanol–water partition coefficient (Wildman–Crippen LogP) is 5.96. The van der Waals surface area contributed by atoms with Crippen molar-refractivity contribution in [3.05, 3.63) is 50.5 Å². The number of alkyl halides is 3. The zero-order chi connectivity index (χ0) is 14.9. The Morgan fingerprint density at radius 1 is 1.10 bits per heavy atom. The van der Waals surface area contributed by atoms with Crippen molar-refractivity contribution in [1.29, 1.82) is 0 Å². The SMILES string of the molecule is FC(F)(F)c1cnc(Oc2cc(Br)ccc2Cl)c(Cl)c1. The van der Waals surface area contributed by atoms with Gasteiger partial charge in [0.2, 0.25) is 5.88 Å². The lowest BCUT2D eigenvalue weighted by atomic mass is 10.3. The maximum absolute atomic E-state index is 12.5. The average molecular weight is 387 g/mol. The van der Waals surface area contributed by atoms with E-state index in [9.17, 15) is 13.2 Å². The van der Waals surface area contributed by atoms with Gasteiger partial charge in [-0.25, -0.2) is 4.98 Å². The van der Waals surface area contributed by atoms with Gasteiger partial charge in [0, 0.05) is 10.7 Å². The summed E-state index contributed by atoms with van der Waals surface area (Å²) in [7, 11) is 0. The quantitative estimate of drug-likeness (QED) is 0.635. The van der Waals surface area contributed by atoms with Crippen molar-refractivity contribution in [2.75, 3.05) is 0 Å². The van der Waals surface area contributed by atoms with Gasteiger partial charge in [-0.2, -0.15) is 13.2 Å². The molecule has 106 valence electrons. The average Bonchev–Trinajstić information content (AvgIpc) is 2.35. The Kier molecular flexibility index (Phi) is 4.46. The highest BCUT2D eigenvalue weighted by atomic mass is 79.9. The molecule has 20 heavy (non-hydrogen) atoms. The van der Waals surface area contributed by atoms with Crippen LogP contribution < -0.4 is 4.74 Å². The summed E-state index contributed by atoms with van der Waals surface area (Å²) in [6.07, 6.45) is -3.87. The third-order valence-electron chi connectivity index (χ3n) is 2.23. The van der Waals surface area contributed by atoms with Crippen LogP contribution in [-0.2, 0) is 6.18 Å². The number of nitrogens with zero attached hydrogens (tertiary/aromatic N) is 1. The maximum Gasteiger partial charge on any atom is 0.417 e. The second kappa shape index (κ2) is 5.79. The summed E-state index contributed by atoms with van der Waals surface area (Å²) in [5.74, 6) is 0.0786. The van der Waals surface area contributed by atoms with Gasteiger partial charge >= 0.3 is 6.18 Å². The van der Waals surface area contributed by atoms with E-state index in [1.807, 2.05) is 0 Å². The molecule has 2 nitrogen and oxygen atoms in total. The standard InChI is InChI=1S/C12H5BrCl2F3NO/c13-7-1-2-8(14)10(4-7)20-11-9(15)3-6(5-19-11)12(16,17)18/h1-5H. The molecular weight excluding hydrogens is 382 g/mol. The Morgan fingerprint density at radius 3 is 2.40 bits per heavy atom. The Bertz CT molecular complexity index is 649. The lowest BCUT2D eigenvalue weighted by Gasteiger charge is -2.11. The van der Waals surface area contributed by atoms with Crippen LogP contribution in [0, 0.1) is 0 Å². The number of hydrogen-bond donors (Lipinski definition) is 0. The molecule has 0 unspecified atom stereocenters. The third-order valence-corrected chi connectivity index (χ3v) is 3.31. The van der Waals surface area contributed by atoms with E-state index < -0.39 is 11.7 Å². The molecule has 0 bridgehead atoms. The first-order chi connectivity index (χ1) is 9.27. The van der Waals surface area contributed by atoms with Gasteiger partial charge in [-0.05, 0) is 24.3 Å². The van der Waals surface area contributed by atoms with Crippen LogP contribution in [0.3, 0.4) is 0 Å². The number of pyridine rings is 1. The van der Waals surface area contributed by atoms with E-state index in [1.54, 1.807) is 18.2 Å². The van der Waals surface area contributed by atoms with E-state index >= 15 is 0 Å². The van der Waals surface area contributed by atoms with E-state index in [-0.39, 0.29) is 21.7 Å². The van der Waals surface area contributed by atoms with Gasteiger partial charge in [0.25, 0.3) is 0 Å². The first-order valence-corrected chi connectivity index (χ1v) is 6.68. The molecule has 0 N–H and O–H groups in total. The minimum Gasteiger partial charge on any atom is -0.436 e. The summed E-state index contributed by atoms with van der Waals surface area (Å²) in [5, 5.41) is 0.0295. The van der Waals surface area contributed by atoms with Gasteiger partial charge in [0.1, 0.15) is 10.8 Å². The molecule has 2 rings (SSSR count). The highest BCUT2D eigenvalue weighted by Crippen LogP contribution is 2.37. The molecule has 8 heteroatoms. The first-order valence-electron chi connectivity index (χ1n) is 5.13. The van der Waals surface area contributed by atoms with Gasteiger partial charge in [0.05, 0.1) is 10.6 Å². The van der Waals surface area contributed by atoms with Gasteiger partial charge in [-0.15, -0.1) is 0 Å². The van der Waals surface area contributed by atoms with Crippen molar-refractivity contribution in [3.8, 4) is 11.6 Å². The van der Waals surface area contributed by atoms with Crippen LogP contribution in [0.1, 0.15) is 5.56 Å². The smallest absolute Gasteiger partial charge is 0.417 e. The summed E-state index contributed by atoms with van der Waals surface area (Å²) >= 11 is 14.9. The molecule has 0 saturated heterocycles. The molecule has 1 heterocycles. The molecule has 0 radical (unpaired) electrons. The monoisotopic (exact) mass is 385 g/mol. The molecular formula is C12H5BrCl2F3NO. The van der Waals surface area contributed by atoms with Gasteiger partial charge in [-0.1, -0.05) is 39.1 Å². The van der Waals surface area contributed by atoms with Crippen molar-refractivity contribution in [2.24, 2.45) is 0 Å². The van der Waals surface area contributed by atoms with Crippen LogP contribution in [-0.4, -0.2) is 4.98 Å². The van der Waals surface area contributed by atoms with Crippen LogP contribution in [0.5, 0.6) is 11.6 Å². The molecule has 0 amide bonds. The number of halogens is 6. The van der Waals surface area contributed by atoms with Crippen molar-refractivity contribution in [1.82, 2.24) is 4.98 Å². The highest BCUT2D eigenvalue weighted by Gasteiger charge is 2.31. The summed E-state index contributed by atoms with van der Waals surface area (Å²) in [6.45, 7) is 0. The lowest BCUT2D eigenvalue weighted by Crippen LogP contribution is -2.05. The fourth-order valence-electron chi connectivity index (χ4n) is 1.32. The van der Waals surface area contributed by atoms with Crippen LogP contribution in [0.25, 0.3) is 0 Å². The molecule has 0 fully saturated rings. The van der Waals surface area contributed by atoms with Crippen molar-refractivity contribution in [2.45, 2.75) is 6.18 Å². The molecule has 0 saturated carbocycles. The second-order valence-corrected chi connectivity index (χ2v) is 5.42. The number of ether oxygens (including phenoxy) is 1. The largest absolute Gasteiger partial charge is 0.436 e. The molecule has 1 aromatic carbocycles. The Morgan fingerprint density at radius 2 is 1.80 bits per heavy atom. The van der Waals surface area contributed by atoms with Crippen LogP contribution in [0.4, 0.5) is 13.2 Å². The zero-order valence-corrected chi connectivity index (χ0v) is 12.6. The summed E-state index contributed by atoms with van der Waals surface area (Å²) in [4.78, 5) is 3.56. The fourth-order valence-corrected chi connectivity index (χ4v) is 2.02. The van der Waals surface area contributed by atoms with Crippen LogP contribution >= 0.6 is 39.1 Å². The molecule has 0 aliphatic carbocycles. The van der Waals surface area contributed by atoms with E-state index in [0.717, 1.165) is 6.07 Å². The Labute approximate surface area is 130 Å². The van der Waals surface area contributed by atoms with Crippen molar-refractivity contribution in [3.63, 3.8) is 0 Å². The van der Waals surface area contributed by atoms with Crippen molar-refractivity contribution >= 4 is 39.1 Å². The van der Waals surface area contributed by atoms with E-state index in [2.05, 4.69) is 20.9 Å². The second-order valence-electron chi connectivity index (χ2n) is 3.69. The molecule has 2 aromatic rings. The molecule has 0 aliphatic rings. The number of benzene rings is 1. The maximum atomic E-state index is 12.5. The van der Waals surface area contributed by atoms with Crippen molar-refractivity contribution < 1.29 is 17.9 Å². The first kappa shape index (κ1) is 15.4. The summed E-state index contributed by atoms with van der Waals surface area (Å²) in [6, 6.07) is 5.56. The highest BCUT2D eigenvalue weighted by molar-refractivity contribution is 9.10. The number of hydrogen-bond acceptors (Lipinski definition) is 2. The van der Waals surface area contributed by atoms with E-state index in [4.69, 9.17) is 27.9 Å². The molecule has 0 aliphatic heterocycles. The molecule has 1 aromatic heterocycles. The summed E-state index contributed by atoms with van der Waals surface area (Å²) in [5.41, 5.74) is -0.949.